The summed E-state index contributed by atoms with van der Waals surface area (Å²) in [7, 11) is 8.28. The predicted octanol–water partition coefficient (Wildman–Crippen LogP) is 1.54. The third-order valence-electron chi connectivity index (χ3n) is 4.35. The van der Waals surface area contributed by atoms with Crippen LogP contribution in [0.2, 0.25) is 0 Å². The van der Waals surface area contributed by atoms with Crippen LogP contribution >= 0.6 is 0 Å². The van der Waals surface area contributed by atoms with Crippen LogP contribution < -0.4 is 10.7 Å². The second-order valence-electron chi connectivity index (χ2n) is 5.41. The summed E-state index contributed by atoms with van der Waals surface area (Å²) in [5.41, 5.74) is 1.88. The van der Waals surface area contributed by atoms with Crippen molar-refractivity contribution in [1.29, 1.82) is 0 Å². The molecule has 0 amide bonds. The molecule has 0 spiro atoms. The van der Waals surface area contributed by atoms with Crippen LogP contribution in [0.5, 0.6) is 0 Å². The van der Waals surface area contributed by atoms with Gasteiger partial charge in [-0.2, -0.15) is 0 Å². The van der Waals surface area contributed by atoms with E-state index in [-0.39, 0.29) is 6.04 Å². The third-order valence-corrected chi connectivity index (χ3v) is 4.35. The molecule has 1 atom stereocenters. The molecule has 0 bridgehead atoms. The van der Waals surface area contributed by atoms with Crippen molar-refractivity contribution in [3.8, 4) is 0 Å². The SMILES string of the molecule is [B]=C1C(n2c(=C)c3ccccc3c2=C)CCC(=C)N1C. The molecule has 3 heteroatoms. The Bertz CT molecular complexity index is 768. The zero-order valence-corrected chi connectivity index (χ0v) is 11.9. The Balaban J connectivity index is 2.21. The normalized spacial score (nSPS) is 19.8. The summed E-state index contributed by atoms with van der Waals surface area (Å²) in [6.07, 6.45) is 1.89. The molecular formula is C17H18BN2. The molecule has 1 aliphatic rings. The van der Waals surface area contributed by atoms with Crippen LogP contribution in [0.4, 0.5) is 0 Å². The van der Waals surface area contributed by atoms with Crippen molar-refractivity contribution in [3.63, 3.8) is 0 Å². The van der Waals surface area contributed by atoms with Crippen LogP contribution in [0.1, 0.15) is 18.9 Å². The number of likely N-dealkylation sites (tertiary alicyclic amines) is 1. The van der Waals surface area contributed by atoms with Gasteiger partial charge in [0.05, 0.1) is 0 Å². The molecule has 1 aromatic heterocycles. The molecule has 20 heavy (non-hydrogen) atoms. The standard InChI is InChI=1S/C17H18BN2/c1-11-9-10-16(17(18)19(11)4)20-12(2)14-7-5-6-8-15(14)13(20)3/h5-8,16H,1-3,9-10H2,4H3. The summed E-state index contributed by atoms with van der Waals surface area (Å²) in [6, 6.07) is 8.35. The Morgan fingerprint density at radius 3 is 2.20 bits per heavy atom. The Hall–Kier alpha value is -2.03. The minimum absolute atomic E-state index is 0.109. The van der Waals surface area contributed by atoms with Crippen molar-refractivity contribution < 1.29 is 0 Å². The van der Waals surface area contributed by atoms with Gasteiger partial charge < -0.3 is 0 Å². The number of aromatic nitrogens is 1. The number of rotatable bonds is 1. The Labute approximate surface area is 120 Å². The second kappa shape index (κ2) is 4.52. The van der Waals surface area contributed by atoms with Crippen molar-refractivity contribution in [2.75, 3.05) is 7.05 Å². The minimum atomic E-state index is 0.109. The van der Waals surface area contributed by atoms with Crippen molar-refractivity contribution in [2.24, 2.45) is 0 Å². The monoisotopic (exact) mass is 261 g/mol. The van der Waals surface area contributed by atoms with Gasteiger partial charge in [0.15, 0.2) is 0 Å². The van der Waals surface area contributed by atoms with Crippen LogP contribution in [0, 0.1) is 0 Å². The molecule has 0 N–H and O–H groups in total. The van der Waals surface area contributed by atoms with Gasteiger partial charge in [-0.05, 0) is 0 Å². The molecule has 0 aliphatic carbocycles. The van der Waals surface area contributed by atoms with Gasteiger partial charge in [-0.1, -0.05) is 0 Å². The number of hydrogen-bond donors (Lipinski definition) is 0. The average Bonchev–Trinajstić information content (AvgIpc) is 2.70. The van der Waals surface area contributed by atoms with Crippen LogP contribution in [-0.4, -0.2) is 29.6 Å². The van der Waals surface area contributed by atoms with Crippen molar-refractivity contribution >= 4 is 37.0 Å². The number of allylic oxidation sites excluding steroid dienone is 1. The van der Waals surface area contributed by atoms with Gasteiger partial charge in [0.2, 0.25) is 0 Å². The first-order valence-electron chi connectivity index (χ1n) is 6.83. The van der Waals surface area contributed by atoms with E-state index in [1.54, 1.807) is 0 Å². The summed E-state index contributed by atoms with van der Waals surface area (Å²) in [6.45, 7) is 12.5. The first kappa shape index (κ1) is 13.0. The van der Waals surface area contributed by atoms with Crippen LogP contribution in [0.25, 0.3) is 23.9 Å². The Morgan fingerprint density at radius 1 is 1.10 bits per heavy atom. The van der Waals surface area contributed by atoms with E-state index < -0.39 is 0 Å². The molecule has 3 rings (SSSR count). The maximum absolute atomic E-state index is 6.31. The fourth-order valence-electron chi connectivity index (χ4n) is 3.07. The fourth-order valence-corrected chi connectivity index (χ4v) is 3.07. The molecule has 0 saturated carbocycles. The average molecular weight is 261 g/mol. The van der Waals surface area contributed by atoms with Crippen LogP contribution in [0.3, 0.4) is 0 Å². The molecule has 1 aliphatic heterocycles. The van der Waals surface area contributed by atoms with Gasteiger partial charge in [0.1, 0.15) is 0 Å². The first-order valence-corrected chi connectivity index (χ1v) is 6.83. The molecule has 1 radical (unpaired) electrons. The molecule has 2 heterocycles. The summed E-state index contributed by atoms with van der Waals surface area (Å²) in [5.74, 6) is 0. The van der Waals surface area contributed by atoms with Gasteiger partial charge >= 0.3 is 120 Å². The van der Waals surface area contributed by atoms with E-state index in [1.807, 2.05) is 24.1 Å². The van der Waals surface area contributed by atoms with Crippen molar-refractivity contribution in [1.82, 2.24) is 9.47 Å². The van der Waals surface area contributed by atoms with Crippen molar-refractivity contribution in [2.45, 2.75) is 18.9 Å². The zero-order chi connectivity index (χ0) is 14.4. The van der Waals surface area contributed by atoms with E-state index in [0.717, 1.165) is 45.6 Å². The number of nitrogens with zero attached hydrogens (tertiary/aromatic N) is 2. The summed E-state index contributed by atoms with van der Waals surface area (Å²) in [5, 5.41) is 4.27. The topological polar surface area (TPSA) is 8.17 Å². The van der Waals surface area contributed by atoms with E-state index in [0.29, 0.717) is 0 Å². The Kier molecular flexibility index (Phi) is 2.93. The molecule has 1 aromatic carbocycles. The quantitative estimate of drug-likeness (QED) is 0.707. The van der Waals surface area contributed by atoms with E-state index in [1.165, 1.54) is 0 Å². The van der Waals surface area contributed by atoms with E-state index in [9.17, 15) is 0 Å². The summed E-state index contributed by atoms with van der Waals surface area (Å²) < 4.78 is 2.17. The van der Waals surface area contributed by atoms with Gasteiger partial charge in [-0.25, -0.2) is 0 Å². The third kappa shape index (κ3) is 1.69. The number of likely N-dealkylation sites (N-methyl/N-ethyl adjacent to an activating group) is 1. The molecule has 1 fully saturated rings. The van der Waals surface area contributed by atoms with Gasteiger partial charge in [0, 0.05) is 0 Å². The van der Waals surface area contributed by atoms with Gasteiger partial charge in [-0.3, -0.25) is 0 Å². The van der Waals surface area contributed by atoms with Crippen LogP contribution in [0.15, 0.2) is 36.5 Å². The van der Waals surface area contributed by atoms with Crippen molar-refractivity contribution in [3.05, 3.63) is 47.2 Å². The van der Waals surface area contributed by atoms with E-state index in [4.69, 9.17) is 7.49 Å². The number of piperidine rings is 1. The van der Waals surface area contributed by atoms with Crippen LogP contribution in [-0.2, 0) is 0 Å². The molecule has 1 saturated heterocycles. The van der Waals surface area contributed by atoms with Gasteiger partial charge in [0.25, 0.3) is 0 Å². The predicted molar refractivity (Wildman–Crippen MR) is 88.2 cm³/mol. The molecular weight excluding hydrogens is 243 g/mol. The summed E-state index contributed by atoms with van der Waals surface area (Å²) in [4.78, 5) is 1.98. The molecule has 99 valence electrons. The van der Waals surface area contributed by atoms with E-state index >= 15 is 0 Å². The Morgan fingerprint density at radius 2 is 1.65 bits per heavy atom. The molecule has 2 aromatic rings. The van der Waals surface area contributed by atoms with Gasteiger partial charge in [-0.15, -0.1) is 0 Å². The molecule has 1 unspecified atom stereocenters. The second-order valence-corrected chi connectivity index (χ2v) is 5.41. The zero-order valence-electron chi connectivity index (χ0n) is 11.9. The fraction of sp³-hybridized carbons (Fsp3) is 0.235. The number of hydrogen-bond acceptors (Lipinski definition) is 1. The first-order chi connectivity index (χ1) is 9.52. The number of fused-ring (bicyclic) bond motifs is 1. The maximum atomic E-state index is 6.31. The van der Waals surface area contributed by atoms with E-state index in [2.05, 4.69) is 36.4 Å². The number of benzene rings is 1. The summed E-state index contributed by atoms with van der Waals surface area (Å²) >= 11 is 0. The molecule has 2 nitrogen and oxygen atoms in total.